The van der Waals surface area contributed by atoms with Gasteiger partial charge in [0.05, 0.1) is 18.7 Å². The van der Waals surface area contributed by atoms with Crippen LogP contribution in [-0.2, 0) is 16.0 Å². The maximum Gasteiger partial charge on any atom is 0.335 e. The van der Waals surface area contributed by atoms with Crippen molar-refractivity contribution in [3.05, 3.63) is 58.9 Å². The lowest BCUT2D eigenvalue weighted by atomic mass is 9.85. The lowest BCUT2D eigenvalue weighted by molar-refractivity contribution is -0.136. The first kappa shape index (κ1) is 13.1. The standard InChI is InChI=1S/C16H16FNO2/c1-10-7-12(16(19)20-2)9-18-6-5-11-8-13(17)3-4-14(11)15(10)18/h3-4,7-8,15H,1,5-6,9H2,2H3. The van der Waals surface area contributed by atoms with Crippen molar-refractivity contribution in [1.29, 1.82) is 0 Å². The van der Waals surface area contributed by atoms with E-state index in [4.69, 9.17) is 4.74 Å². The fraction of sp³-hybridized carbons (Fsp3) is 0.312. The molecule has 0 saturated carbocycles. The first-order valence-corrected chi connectivity index (χ1v) is 6.60. The van der Waals surface area contributed by atoms with Gasteiger partial charge < -0.3 is 4.74 Å². The van der Waals surface area contributed by atoms with Gasteiger partial charge in [0.15, 0.2) is 0 Å². The molecule has 0 bridgehead atoms. The lowest BCUT2D eigenvalue weighted by Gasteiger charge is -2.40. The highest BCUT2D eigenvalue weighted by atomic mass is 19.1. The Kier molecular flexibility index (Phi) is 3.18. The Morgan fingerprint density at radius 2 is 2.30 bits per heavy atom. The molecule has 1 aromatic rings. The number of rotatable bonds is 1. The molecule has 20 heavy (non-hydrogen) atoms. The number of esters is 1. The smallest absolute Gasteiger partial charge is 0.335 e. The van der Waals surface area contributed by atoms with Crippen LogP contribution in [0.2, 0.25) is 0 Å². The molecule has 0 saturated heterocycles. The first-order valence-electron chi connectivity index (χ1n) is 6.60. The van der Waals surface area contributed by atoms with E-state index in [0.29, 0.717) is 12.1 Å². The van der Waals surface area contributed by atoms with E-state index >= 15 is 0 Å². The van der Waals surface area contributed by atoms with E-state index in [1.807, 2.05) is 6.07 Å². The van der Waals surface area contributed by atoms with Gasteiger partial charge in [-0.15, -0.1) is 0 Å². The number of ether oxygens (including phenoxy) is 1. The second kappa shape index (κ2) is 4.87. The molecule has 0 radical (unpaired) electrons. The second-order valence-corrected chi connectivity index (χ2v) is 5.20. The molecule has 0 fully saturated rings. The third-order valence-corrected chi connectivity index (χ3v) is 3.96. The van der Waals surface area contributed by atoms with E-state index in [0.717, 1.165) is 29.7 Å². The minimum absolute atomic E-state index is 0.0350. The number of fused-ring (bicyclic) bond motifs is 3. The van der Waals surface area contributed by atoms with Crippen molar-refractivity contribution in [2.45, 2.75) is 12.5 Å². The molecule has 2 heterocycles. The molecule has 1 aromatic carbocycles. The van der Waals surface area contributed by atoms with Crippen LogP contribution >= 0.6 is 0 Å². The second-order valence-electron chi connectivity index (χ2n) is 5.20. The number of carbonyl (C=O) groups excluding carboxylic acids is 1. The summed E-state index contributed by atoms with van der Waals surface area (Å²) in [6.07, 6.45) is 2.58. The van der Waals surface area contributed by atoms with Crippen molar-refractivity contribution < 1.29 is 13.9 Å². The average Bonchev–Trinajstić information content (AvgIpc) is 2.45. The van der Waals surface area contributed by atoms with Gasteiger partial charge in [-0.25, -0.2) is 9.18 Å². The van der Waals surface area contributed by atoms with E-state index in [1.54, 1.807) is 12.1 Å². The van der Waals surface area contributed by atoms with Crippen LogP contribution in [0.5, 0.6) is 0 Å². The fourth-order valence-electron chi connectivity index (χ4n) is 3.07. The summed E-state index contributed by atoms with van der Waals surface area (Å²) in [4.78, 5) is 13.9. The predicted octanol–water partition coefficient (Wildman–Crippen LogP) is 2.39. The highest BCUT2D eigenvalue weighted by Crippen LogP contribution is 2.38. The largest absolute Gasteiger partial charge is 0.466 e. The maximum atomic E-state index is 13.3. The normalized spacial score (nSPS) is 21.8. The van der Waals surface area contributed by atoms with Crippen LogP contribution in [0.3, 0.4) is 0 Å². The Balaban J connectivity index is 1.99. The quantitative estimate of drug-likeness (QED) is 0.736. The van der Waals surface area contributed by atoms with Gasteiger partial charge in [-0.3, -0.25) is 4.90 Å². The van der Waals surface area contributed by atoms with E-state index in [1.165, 1.54) is 13.2 Å². The number of hydrogen-bond donors (Lipinski definition) is 0. The summed E-state index contributed by atoms with van der Waals surface area (Å²) in [6.45, 7) is 5.40. The molecular weight excluding hydrogens is 257 g/mol. The van der Waals surface area contributed by atoms with Gasteiger partial charge >= 0.3 is 5.97 Å². The van der Waals surface area contributed by atoms with Crippen molar-refractivity contribution in [2.24, 2.45) is 0 Å². The van der Waals surface area contributed by atoms with Gasteiger partial charge in [-0.05, 0) is 41.3 Å². The third kappa shape index (κ3) is 2.06. The predicted molar refractivity (Wildman–Crippen MR) is 73.7 cm³/mol. The number of benzene rings is 1. The van der Waals surface area contributed by atoms with E-state index in [-0.39, 0.29) is 17.8 Å². The van der Waals surface area contributed by atoms with Crippen LogP contribution in [0.15, 0.2) is 42.0 Å². The third-order valence-electron chi connectivity index (χ3n) is 3.96. The number of methoxy groups -OCH3 is 1. The van der Waals surface area contributed by atoms with Gasteiger partial charge in [-0.2, -0.15) is 0 Å². The summed E-state index contributed by atoms with van der Waals surface area (Å²) in [5.41, 5.74) is 3.59. The first-order chi connectivity index (χ1) is 9.60. The molecular formula is C16H16FNO2. The van der Waals surface area contributed by atoms with Crippen LogP contribution in [-0.4, -0.2) is 31.1 Å². The molecule has 104 valence electrons. The Hall–Kier alpha value is -1.94. The Morgan fingerprint density at radius 3 is 3.05 bits per heavy atom. The van der Waals surface area contributed by atoms with E-state index < -0.39 is 0 Å². The zero-order valence-electron chi connectivity index (χ0n) is 11.4. The van der Waals surface area contributed by atoms with E-state index in [2.05, 4.69) is 11.5 Å². The summed E-state index contributed by atoms with van der Waals surface area (Å²) < 4.78 is 18.1. The van der Waals surface area contributed by atoms with Crippen LogP contribution < -0.4 is 0 Å². The minimum atomic E-state index is -0.311. The molecule has 2 aliphatic rings. The van der Waals surface area contributed by atoms with Crippen LogP contribution in [0.25, 0.3) is 0 Å². The topological polar surface area (TPSA) is 29.5 Å². The van der Waals surface area contributed by atoms with Crippen molar-refractivity contribution >= 4 is 5.97 Å². The van der Waals surface area contributed by atoms with Gasteiger partial charge in [0.1, 0.15) is 5.82 Å². The van der Waals surface area contributed by atoms with Gasteiger partial charge in [0, 0.05) is 13.1 Å². The van der Waals surface area contributed by atoms with Crippen LogP contribution in [0.4, 0.5) is 4.39 Å². The fourth-order valence-corrected chi connectivity index (χ4v) is 3.07. The molecule has 3 nitrogen and oxygen atoms in total. The maximum absolute atomic E-state index is 13.3. The average molecular weight is 273 g/mol. The molecule has 0 amide bonds. The Morgan fingerprint density at radius 1 is 1.50 bits per heavy atom. The van der Waals surface area contributed by atoms with E-state index in [9.17, 15) is 9.18 Å². The molecule has 1 atom stereocenters. The van der Waals surface area contributed by atoms with Gasteiger partial charge in [-0.1, -0.05) is 12.6 Å². The lowest BCUT2D eigenvalue weighted by Crippen LogP contribution is -2.41. The van der Waals surface area contributed by atoms with Crippen LogP contribution in [0.1, 0.15) is 17.2 Å². The molecule has 3 rings (SSSR count). The zero-order valence-corrected chi connectivity index (χ0v) is 11.4. The van der Waals surface area contributed by atoms with Crippen molar-refractivity contribution in [3.8, 4) is 0 Å². The summed E-state index contributed by atoms with van der Waals surface area (Å²) in [6, 6.07) is 4.94. The number of halogens is 1. The molecule has 2 aliphatic heterocycles. The molecule has 4 heteroatoms. The summed E-state index contributed by atoms with van der Waals surface area (Å²) in [5, 5.41) is 0. The number of nitrogens with zero attached hydrogens (tertiary/aromatic N) is 1. The van der Waals surface area contributed by atoms with Crippen molar-refractivity contribution in [2.75, 3.05) is 20.2 Å². The number of hydrogen-bond acceptors (Lipinski definition) is 3. The molecule has 0 aromatic heterocycles. The zero-order chi connectivity index (χ0) is 14.3. The van der Waals surface area contributed by atoms with Gasteiger partial charge in [0.25, 0.3) is 0 Å². The van der Waals surface area contributed by atoms with Gasteiger partial charge in [0.2, 0.25) is 0 Å². The molecule has 1 unspecified atom stereocenters. The monoisotopic (exact) mass is 273 g/mol. The highest BCUT2D eigenvalue weighted by molar-refractivity contribution is 5.90. The SMILES string of the molecule is C=C1C=C(C(=O)OC)CN2CCc3cc(F)ccc3C12. The Labute approximate surface area is 117 Å². The van der Waals surface area contributed by atoms with Crippen molar-refractivity contribution in [3.63, 3.8) is 0 Å². The molecule has 0 N–H and O–H groups in total. The number of carbonyl (C=O) groups is 1. The summed E-state index contributed by atoms with van der Waals surface area (Å²) in [5.74, 6) is -0.515. The highest BCUT2D eigenvalue weighted by Gasteiger charge is 2.33. The molecule has 0 spiro atoms. The minimum Gasteiger partial charge on any atom is -0.466 e. The Bertz CT molecular complexity index is 621. The summed E-state index contributed by atoms with van der Waals surface area (Å²) >= 11 is 0. The van der Waals surface area contributed by atoms with Crippen LogP contribution in [0, 0.1) is 5.82 Å². The summed E-state index contributed by atoms with van der Waals surface area (Å²) in [7, 11) is 1.38. The van der Waals surface area contributed by atoms with Crippen molar-refractivity contribution in [1.82, 2.24) is 4.90 Å². The molecule has 0 aliphatic carbocycles.